The van der Waals surface area contributed by atoms with Crippen molar-refractivity contribution < 1.29 is 19.3 Å². The summed E-state index contributed by atoms with van der Waals surface area (Å²) in [7, 11) is 0. The van der Waals surface area contributed by atoms with Crippen LogP contribution in [0, 0.1) is 0 Å². The highest BCUT2D eigenvalue weighted by Gasteiger charge is 2.22. The molecule has 0 spiro atoms. The van der Waals surface area contributed by atoms with E-state index in [2.05, 4.69) is 11.7 Å². The fraction of sp³-hybridized carbons (Fsp3) is 0.267. The summed E-state index contributed by atoms with van der Waals surface area (Å²) < 4.78 is 16.7. The van der Waals surface area contributed by atoms with Crippen LogP contribution in [0.3, 0.4) is 0 Å². The first-order valence-corrected chi connectivity index (χ1v) is 6.24. The second-order valence-electron chi connectivity index (χ2n) is 4.18. The standard InChI is InChI=1S/C15H17NO4/c1-11(20-13-5-3-12(17)4-6-13)14(7-8-16-2)15-18-9-10-19-15/h3-8,15,17H,2,9-10H2,1H3/b8-7-,14-11-. The van der Waals surface area contributed by atoms with Gasteiger partial charge in [-0.05, 0) is 44.0 Å². The van der Waals surface area contributed by atoms with E-state index in [-0.39, 0.29) is 5.75 Å². The minimum absolute atomic E-state index is 0.192. The fourth-order valence-corrected chi connectivity index (χ4v) is 1.78. The van der Waals surface area contributed by atoms with Gasteiger partial charge in [0.1, 0.15) is 17.3 Å². The zero-order chi connectivity index (χ0) is 14.4. The molecule has 0 unspecified atom stereocenters. The number of hydrogen-bond acceptors (Lipinski definition) is 5. The lowest BCUT2D eigenvalue weighted by atomic mass is 10.2. The van der Waals surface area contributed by atoms with E-state index in [4.69, 9.17) is 14.2 Å². The number of hydrogen-bond donors (Lipinski definition) is 1. The van der Waals surface area contributed by atoms with Crippen LogP contribution in [0.25, 0.3) is 0 Å². The molecule has 1 N–H and O–H groups in total. The first-order chi connectivity index (χ1) is 9.70. The minimum atomic E-state index is -0.454. The third-order valence-electron chi connectivity index (χ3n) is 2.75. The van der Waals surface area contributed by atoms with Gasteiger partial charge in [0, 0.05) is 11.8 Å². The molecular weight excluding hydrogens is 258 g/mol. The Morgan fingerprint density at radius 2 is 2.00 bits per heavy atom. The molecule has 1 aliphatic heterocycles. The van der Waals surface area contributed by atoms with Gasteiger partial charge < -0.3 is 19.3 Å². The zero-order valence-corrected chi connectivity index (χ0v) is 11.3. The molecule has 1 aromatic rings. The summed E-state index contributed by atoms with van der Waals surface area (Å²) in [5.74, 6) is 1.45. The van der Waals surface area contributed by atoms with Crippen LogP contribution in [-0.2, 0) is 9.47 Å². The van der Waals surface area contributed by atoms with E-state index in [9.17, 15) is 5.11 Å². The number of aromatic hydroxyl groups is 1. The molecule has 2 rings (SSSR count). The maximum atomic E-state index is 9.25. The van der Waals surface area contributed by atoms with E-state index in [1.807, 2.05) is 6.92 Å². The van der Waals surface area contributed by atoms with Gasteiger partial charge in [-0.1, -0.05) is 0 Å². The van der Waals surface area contributed by atoms with Crippen LogP contribution in [0.2, 0.25) is 0 Å². The maximum absolute atomic E-state index is 9.25. The zero-order valence-electron chi connectivity index (χ0n) is 11.3. The van der Waals surface area contributed by atoms with Crippen LogP contribution >= 0.6 is 0 Å². The summed E-state index contributed by atoms with van der Waals surface area (Å²) in [4.78, 5) is 3.68. The highest BCUT2D eigenvalue weighted by atomic mass is 16.7. The molecule has 5 heteroatoms. The predicted octanol–water partition coefficient (Wildman–Crippen LogP) is 2.63. The molecule has 106 valence electrons. The lowest BCUT2D eigenvalue weighted by Gasteiger charge is -2.15. The number of rotatable bonds is 5. The Morgan fingerprint density at radius 3 is 2.60 bits per heavy atom. The van der Waals surface area contributed by atoms with Crippen molar-refractivity contribution in [1.82, 2.24) is 0 Å². The largest absolute Gasteiger partial charge is 0.508 e. The summed E-state index contributed by atoms with van der Waals surface area (Å²) >= 11 is 0. The summed E-state index contributed by atoms with van der Waals surface area (Å²) in [6, 6.07) is 6.49. The van der Waals surface area contributed by atoms with Gasteiger partial charge in [0.25, 0.3) is 0 Å². The van der Waals surface area contributed by atoms with Crippen LogP contribution in [0.1, 0.15) is 6.92 Å². The highest BCUT2D eigenvalue weighted by Crippen LogP contribution is 2.23. The first-order valence-electron chi connectivity index (χ1n) is 6.24. The second-order valence-corrected chi connectivity index (χ2v) is 4.18. The quantitative estimate of drug-likeness (QED) is 0.510. The van der Waals surface area contributed by atoms with Gasteiger partial charge in [0.2, 0.25) is 0 Å². The minimum Gasteiger partial charge on any atom is -0.508 e. The van der Waals surface area contributed by atoms with Crippen molar-refractivity contribution in [3.05, 3.63) is 47.9 Å². The third-order valence-corrected chi connectivity index (χ3v) is 2.75. The Bertz CT molecular complexity index is 513. The Morgan fingerprint density at radius 1 is 1.35 bits per heavy atom. The molecule has 0 saturated carbocycles. The maximum Gasteiger partial charge on any atom is 0.187 e. The number of nitrogens with zero attached hydrogens (tertiary/aromatic N) is 1. The van der Waals surface area contributed by atoms with Gasteiger partial charge >= 0.3 is 0 Å². The van der Waals surface area contributed by atoms with Gasteiger partial charge in [-0.3, -0.25) is 4.99 Å². The average molecular weight is 275 g/mol. The third kappa shape index (κ3) is 3.69. The van der Waals surface area contributed by atoms with Crippen LogP contribution in [0.15, 0.2) is 52.9 Å². The van der Waals surface area contributed by atoms with Crippen molar-refractivity contribution in [2.75, 3.05) is 13.2 Å². The monoisotopic (exact) mass is 275 g/mol. The van der Waals surface area contributed by atoms with Crippen molar-refractivity contribution in [3.63, 3.8) is 0 Å². The van der Waals surface area contributed by atoms with Crippen LogP contribution in [0.4, 0.5) is 0 Å². The normalized spacial score (nSPS) is 17.2. The number of phenolic OH excluding ortho intramolecular Hbond substituents is 1. The fourth-order valence-electron chi connectivity index (χ4n) is 1.78. The molecule has 0 atom stereocenters. The van der Waals surface area contributed by atoms with E-state index >= 15 is 0 Å². The van der Waals surface area contributed by atoms with Crippen molar-refractivity contribution in [1.29, 1.82) is 0 Å². The van der Waals surface area contributed by atoms with E-state index in [0.717, 1.165) is 5.57 Å². The SMILES string of the molecule is C=N/C=C\C(=C(/C)Oc1ccc(O)cc1)C1OCCO1. The number of benzene rings is 1. The number of phenols is 1. The lowest BCUT2D eigenvalue weighted by Crippen LogP contribution is -2.13. The van der Waals surface area contributed by atoms with Crippen molar-refractivity contribution >= 4 is 6.72 Å². The highest BCUT2D eigenvalue weighted by molar-refractivity contribution is 5.34. The number of aliphatic imine (C=N–C) groups is 1. The van der Waals surface area contributed by atoms with Crippen LogP contribution < -0.4 is 4.74 Å². The predicted molar refractivity (Wildman–Crippen MR) is 75.8 cm³/mol. The van der Waals surface area contributed by atoms with Gasteiger partial charge in [-0.25, -0.2) is 0 Å². The molecule has 0 aromatic heterocycles. The van der Waals surface area contributed by atoms with E-state index in [1.165, 1.54) is 0 Å². The number of allylic oxidation sites excluding steroid dienone is 1. The molecule has 0 amide bonds. The summed E-state index contributed by atoms with van der Waals surface area (Å²) in [5.41, 5.74) is 0.753. The van der Waals surface area contributed by atoms with Crippen LogP contribution in [-0.4, -0.2) is 31.3 Å². The molecule has 0 bridgehead atoms. The van der Waals surface area contributed by atoms with Gasteiger partial charge in [-0.15, -0.1) is 0 Å². The smallest absolute Gasteiger partial charge is 0.187 e. The van der Waals surface area contributed by atoms with Crippen LogP contribution in [0.5, 0.6) is 11.5 Å². The van der Waals surface area contributed by atoms with Gasteiger partial charge in [0.15, 0.2) is 6.29 Å². The molecule has 20 heavy (non-hydrogen) atoms. The first kappa shape index (κ1) is 14.3. The second kappa shape index (κ2) is 6.88. The molecule has 1 heterocycles. The molecule has 1 aliphatic rings. The van der Waals surface area contributed by atoms with E-state index < -0.39 is 6.29 Å². The van der Waals surface area contributed by atoms with E-state index in [1.54, 1.807) is 36.5 Å². The van der Waals surface area contributed by atoms with Gasteiger partial charge in [-0.2, -0.15) is 0 Å². The van der Waals surface area contributed by atoms with E-state index in [0.29, 0.717) is 24.7 Å². The number of ether oxygens (including phenoxy) is 3. The Labute approximate surface area is 117 Å². The summed E-state index contributed by atoms with van der Waals surface area (Å²) in [6.07, 6.45) is 2.85. The van der Waals surface area contributed by atoms with Crippen molar-refractivity contribution in [2.24, 2.45) is 4.99 Å². The Kier molecular flexibility index (Phi) is 4.92. The molecule has 0 radical (unpaired) electrons. The average Bonchev–Trinajstić information content (AvgIpc) is 2.96. The molecule has 1 aromatic carbocycles. The summed E-state index contributed by atoms with van der Waals surface area (Å²) in [6.45, 7) is 6.33. The molecule has 1 fully saturated rings. The van der Waals surface area contributed by atoms with Crippen molar-refractivity contribution in [3.8, 4) is 11.5 Å². The molecule has 1 saturated heterocycles. The topological polar surface area (TPSA) is 60.3 Å². The molecular formula is C15H17NO4. The molecule has 0 aliphatic carbocycles. The van der Waals surface area contributed by atoms with Gasteiger partial charge in [0.05, 0.1) is 13.2 Å². The lowest BCUT2D eigenvalue weighted by molar-refractivity contribution is -0.0107. The summed E-state index contributed by atoms with van der Waals surface area (Å²) in [5, 5.41) is 9.25. The molecule has 5 nitrogen and oxygen atoms in total. The Hall–Kier alpha value is -2.11. The Balaban J connectivity index is 2.20. The van der Waals surface area contributed by atoms with Crippen molar-refractivity contribution in [2.45, 2.75) is 13.2 Å².